The summed E-state index contributed by atoms with van der Waals surface area (Å²) in [4.78, 5) is 11.0. The number of hydrogen-bond donors (Lipinski definition) is 2. The largest absolute Gasteiger partial charge is 0.478 e. The number of aromatic carboxylic acids is 1. The maximum Gasteiger partial charge on any atom is 0.338 e. The third-order valence-corrected chi connectivity index (χ3v) is 4.72. The van der Waals surface area contributed by atoms with Gasteiger partial charge in [-0.05, 0) is 17.7 Å². The second-order valence-electron chi connectivity index (χ2n) is 5.69. The smallest absolute Gasteiger partial charge is 0.338 e. The lowest BCUT2D eigenvalue weighted by Crippen LogP contribution is -2.28. The molecule has 24 heavy (non-hydrogen) atoms. The first-order valence-corrected chi connectivity index (χ1v) is 8.33. The van der Waals surface area contributed by atoms with Crippen molar-refractivity contribution in [3.63, 3.8) is 0 Å². The van der Waals surface area contributed by atoms with Crippen LogP contribution in [0.5, 0.6) is 0 Å². The van der Waals surface area contributed by atoms with Crippen LogP contribution < -0.4 is 5.32 Å². The van der Waals surface area contributed by atoms with E-state index in [1.54, 1.807) is 10.7 Å². The molecule has 8 heteroatoms. The van der Waals surface area contributed by atoms with Crippen LogP contribution in [0.4, 0.5) is 0 Å². The average molecular weight is 370 g/mol. The Bertz CT molecular complexity index is 735. The summed E-state index contributed by atoms with van der Waals surface area (Å²) in [5.41, 5.74) is 1.12. The van der Waals surface area contributed by atoms with Gasteiger partial charge in [-0.3, -0.25) is 4.68 Å². The highest BCUT2D eigenvalue weighted by molar-refractivity contribution is 6.42. The summed E-state index contributed by atoms with van der Waals surface area (Å²) in [6.07, 6.45) is 2.70. The highest BCUT2D eigenvalue weighted by atomic mass is 35.5. The summed E-state index contributed by atoms with van der Waals surface area (Å²) in [7, 11) is 0. The second-order valence-corrected chi connectivity index (χ2v) is 6.50. The zero-order valence-electron chi connectivity index (χ0n) is 12.8. The molecule has 0 amide bonds. The number of rotatable bonds is 4. The molecule has 1 aromatic heterocycles. The molecule has 1 aliphatic rings. The number of ether oxygens (including phenoxy) is 1. The monoisotopic (exact) mass is 369 g/mol. The summed E-state index contributed by atoms with van der Waals surface area (Å²) in [5, 5.41) is 17.5. The third kappa shape index (κ3) is 3.89. The Hall–Kier alpha value is -1.60. The quantitative estimate of drug-likeness (QED) is 0.866. The fourth-order valence-corrected chi connectivity index (χ4v) is 3.13. The van der Waals surface area contributed by atoms with Gasteiger partial charge in [0.05, 0.1) is 34.5 Å². The minimum atomic E-state index is -0.988. The molecule has 1 saturated heterocycles. The molecule has 6 nitrogen and oxygen atoms in total. The van der Waals surface area contributed by atoms with Crippen molar-refractivity contribution < 1.29 is 14.6 Å². The first-order chi connectivity index (χ1) is 11.5. The zero-order chi connectivity index (χ0) is 17.1. The molecule has 128 valence electrons. The Balaban J connectivity index is 1.83. The zero-order valence-corrected chi connectivity index (χ0v) is 14.3. The van der Waals surface area contributed by atoms with Crippen LogP contribution in [-0.2, 0) is 11.3 Å². The summed E-state index contributed by atoms with van der Waals surface area (Å²) in [5.74, 6) is -0.913. The molecule has 0 unspecified atom stereocenters. The molecule has 2 heterocycles. The molecule has 0 bridgehead atoms. The molecule has 0 saturated carbocycles. The van der Waals surface area contributed by atoms with E-state index in [9.17, 15) is 4.79 Å². The summed E-state index contributed by atoms with van der Waals surface area (Å²) >= 11 is 12.1. The predicted octanol–water partition coefficient (Wildman–Crippen LogP) is 2.87. The molecule has 1 aromatic carbocycles. The molecule has 1 fully saturated rings. The molecule has 0 radical (unpaired) electrons. The molecular weight excluding hydrogens is 353 g/mol. The number of nitrogens with one attached hydrogen (secondary N) is 1. The predicted molar refractivity (Wildman–Crippen MR) is 90.7 cm³/mol. The maximum absolute atomic E-state index is 11.0. The summed E-state index contributed by atoms with van der Waals surface area (Å²) < 4.78 is 7.64. The number of benzene rings is 1. The first kappa shape index (κ1) is 17.2. The number of aromatic nitrogens is 2. The van der Waals surface area contributed by atoms with Crippen molar-refractivity contribution in [1.29, 1.82) is 0 Å². The van der Waals surface area contributed by atoms with Crippen molar-refractivity contribution in [2.45, 2.75) is 12.6 Å². The molecule has 0 spiro atoms. The van der Waals surface area contributed by atoms with Gasteiger partial charge in [-0.2, -0.15) is 5.10 Å². The number of halogens is 2. The van der Waals surface area contributed by atoms with E-state index in [-0.39, 0.29) is 17.6 Å². The Morgan fingerprint density at radius 2 is 2.25 bits per heavy atom. The Morgan fingerprint density at radius 3 is 2.96 bits per heavy atom. The fourth-order valence-electron chi connectivity index (χ4n) is 2.82. The minimum absolute atomic E-state index is 0.0753. The van der Waals surface area contributed by atoms with Gasteiger partial charge in [0.15, 0.2) is 0 Å². The molecule has 1 aliphatic heterocycles. The summed E-state index contributed by atoms with van der Waals surface area (Å²) in [6.45, 7) is 2.60. The Labute approximate surface area is 149 Å². The minimum Gasteiger partial charge on any atom is -0.478 e. The van der Waals surface area contributed by atoms with Crippen LogP contribution in [0.15, 0.2) is 30.6 Å². The van der Waals surface area contributed by atoms with Gasteiger partial charge in [-0.25, -0.2) is 4.79 Å². The second kappa shape index (κ2) is 7.53. The van der Waals surface area contributed by atoms with Crippen molar-refractivity contribution in [2.75, 3.05) is 19.7 Å². The van der Waals surface area contributed by atoms with Gasteiger partial charge in [0.2, 0.25) is 0 Å². The maximum atomic E-state index is 11.0. The highest BCUT2D eigenvalue weighted by Crippen LogP contribution is 2.32. The van der Waals surface area contributed by atoms with Crippen LogP contribution >= 0.6 is 23.2 Å². The van der Waals surface area contributed by atoms with E-state index < -0.39 is 5.97 Å². The van der Waals surface area contributed by atoms with Crippen LogP contribution in [0.25, 0.3) is 0 Å². The van der Waals surface area contributed by atoms with E-state index in [4.69, 9.17) is 33.0 Å². The van der Waals surface area contributed by atoms with Crippen LogP contribution in [0.3, 0.4) is 0 Å². The van der Waals surface area contributed by atoms with Gasteiger partial charge in [0.25, 0.3) is 0 Å². The Morgan fingerprint density at radius 1 is 1.42 bits per heavy atom. The van der Waals surface area contributed by atoms with Crippen LogP contribution in [-0.4, -0.2) is 40.6 Å². The average Bonchev–Trinajstić information content (AvgIpc) is 2.90. The molecule has 3 rings (SSSR count). The normalized spacial score (nSPS) is 21.4. The van der Waals surface area contributed by atoms with Gasteiger partial charge < -0.3 is 15.2 Å². The van der Waals surface area contributed by atoms with E-state index in [1.165, 1.54) is 12.4 Å². The number of hydrogen-bond acceptors (Lipinski definition) is 4. The SMILES string of the molecule is O=C(O)c1cnn(C[C@@H]2CNCCO[C@H]2c2ccc(Cl)c(Cl)c2)c1. The van der Waals surface area contributed by atoms with Crippen molar-refractivity contribution in [1.82, 2.24) is 15.1 Å². The van der Waals surface area contributed by atoms with Crippen LogP contribution in [0, 0.1) is 5.92 Å². The Kier molecular flexibility index (Phi) is 5.40. The van der Waals surface area contributed by atoms with Crippen LogP contribution in [0.2, 0.25) is 10.0 Å². The lowest BCUT2D eigenvalue weighted by atomic mass is 9.95. The van der Waals surface area contributed by atoms with Crippen molar-refractivity contribution >= 4 is 29.2 Å². The molecule has 2 atom stereocenters. The summed E-state index contributed by atoms with van der Waals surface area (Å²) in [6, 6.07) is 5.48. The van der Waals surface area contributed by atoms with Gasteiger partial charge in [0, 0.05) is 31.7 Å². The van der Waals surface area contributed by atoms with E-state index in [0.29, 0.717) is 23.2 Å². The van der Waals surface area contributed by atoms with Gasteiger partial charge in [-0.1, -0.05) is 29.3 Å². The van der Waals surface area contributed by atoms with Gasteiger partial charge >= 0.3 is 5.97 Å². The molecule has 2 N–H and O–H groups in total. The molecule has 0 aliphatic carbocycles. The van der Waals surface area contributed by atoms with E-state index >= 15 is 0 Å². The number of nitrogens with zero attached hydrogens (tertiary/aromatic N) is 2. The molecular formula is C16H17Cl2N3O3. The van der Waals surface area contributed by atoms with Gasteiger partial charge in [0.1, 0.15) is 0 Å². The lowest BCUT2D eigenvalue weighted by molar-refractivity contribution is 0.0243. The van der Waals surface area contributed by atoms with Gasteiger partial charge in [-0.15, -0.1) is 0 Å². The van der Waals surface area contributed by atoms with Crippen molar-refractivity contribution in [3.05, 3.63) is 51.8 Å². The number of carboxylic acid groups (broad SMARTS) is 1. The highest BCUT2D eigenvalue weighted by Gasteiger charge is 2.27. The third-order valence-electron chi connectivity index (χ3n) is 3.98. The van der Waals surface area contributed by atoms with Crippen molar-refractivity contribution in [2.24, 2.45) is 5.92 Å². The molecule has 2 aromatic rings. The lowest BCUT2D eigenvalue weighted by Gasteiger charge is -2.25. The van der Waals surface area contributed by atoms with Crippen LogP contribution in [0.1, 0.15) is 22.0 Å². The van der Waals surface area contributed by atoms with E-state index in [0.717, 1.165) is 18.7 Å². The van der Waals surface area contributed by atoms with E-state index in [1.807, 2.05) is 12.1 Å². The first-order valence-electron chi connectivity index (χ1n) is 7.57. The fraction of sp³-hybridized carbons (Fsp3) is 0.375. The topological polar surface area (TPSA) is 76.4 Å². The number of carbonyl (C=O) groups is 1. The van der Waals surface area contributed by atoms with E-state index in [2.05, 4.69) is 10.4 Å². The van der Waals surface area contributed by atoms with Crippen molar-refractivity contribution in [3.8, 4) is 0 Å². The standard InChI is InChI=1S/C16H17Cl2N3O3/c17-13-2-1-10(5-14(13)18)15-11(6-19-3-4-24-15)8-21-9-12(7-20-21)16(22)23/h1-2,5,7,9,11,15,19H,3-4,6,8H2,(H,22,23)/t11-,15-/m0/s1. The number of carboxylic acids is 1.